The van der Waals surface area contributed by atoms with Gasteiger partial charge in [-0.25, -0.2) is 4.79 Å². The molecule has 0 atom stereocenters. The Hall–Kier alpha value is -3.28. The molecule has 1 aromatic heterocycles. The zero-order valence-corrected chi connectivity index (χ0v) is 14.1. The highest BCUT2D eigenvalue weighted by Crippen LogP contribution is 2.31. The molecule has 2 aromatic carbocycles. The summed E-state index contributed by atoms with van der Waals surface area (Å²) in [6.45, 7) is 0. The Kier molecular flexibility index (Phi) is 4.43. The molecule has 0 N–H and O–H groups in total. The van der Waals surface area contributed by atoms with Crippen molar-refractivity contribution < 1.29 is 18.7 Å². The van der Waals surface area contributed by atoms with E-state index in [2.05, 4.69) is 0 Å². The first kappa shape index (κ1) is 16.6. The lowest BCUT2D eigenvalue weighted by atomic mass is 10.1. The van der Waals surface area contributed by atoms with Gasteiger partial charge in [0.25, 0.3) is 0 Å². The van der Waals surface area contributed by atoms with Gasteiger partial charge in [0.05, 0.1) is 7.11 Å². The minimum atomic E-state index is -0.539. The van der Waals surface area contributed by atoms with Gasteiger partial charge in [-0.1, -0.05) is 30.3 Å². The van der Waals surface area contributed by atoms with Gasteiger partial charge in [-0.2, -0.15) is 0 Å². The van der Waals surface area contributed by atoms with E-state index < -0.39 is 6.09 Å². The zero-order chi connectivity index (χ0) is 18.0. The quantitative estimate of drug-likeness (QED) is 0.730. The van der Waals surface area contributed by atoms with E-state index in [9.17, 15) is 9.59 Å². The van der Waals surface area contributed by atoms with Crippen LogP contribution in [0, 0.1) is 0 Å². The van der Waals surface area contributed by atoms with Gasteiger partial charge in [-0.15, -0.1) is 0 Å². The van der Waals surface area contributed by atoms with Crippen LogP contribution >= 0.6 is 0 Å². The number of carbonyl (C=O) groups excluding carboxylic acids is 1. The number of hydrogen-bond donors (Lipinski definition) is 0. The van der Waals surface area contributed by atoms with Crippen molar-refractivity contribution in [2.24, 2.45) is 0 Å². The Morgan fingerprint density at radius 2 is 1.80 bits per heavy atom. The topological polar surface area (TPSA) is 69.0 Å². The standard InChI is InChI=1S/C19H17NO5/c1-20(2)19(22)24-13-9-16(23-3)18-14(21)11-15(25-17(18)10-13)12-7-5-4-6-8-12/h4-11H,1-3H3. The SMILES string of the molecule is COc1cc(OC(=O)N(C)C)cc2oc(-c3ccccc3)cc(=O)c12. The predicted molar refractivity (Wildman–Crippen MR) is 94.2 cm³/mol. The summed E-state index contributed by atoms with van der Waals surface area (Å²) in [6, 6.07) is 13.7. The van der Waals surface area contributed by atoms with Crippen molar-refractivity contribution in [3.63, 3.8) is 0 Å². The minimum absolute atomic E-state index is 0.233. The number of nitrogens with zero attached hydrogens (tertiary/aromatic N) is 1. The summed E-state index contributed by atoms with van der Waals surface area (Å²) in [5, 5.41) is 0.298. The third-order valence-corrected chi connectivity index (χ3v) is 3.62. The van der Waals surface area contributed by atoms with Crippen LogP contribution in [-0.2, 0) is 0 Å². The lowest BCUT2D eigenvalue weighted by Crippen LogP contribution is -2.25. The monoisotopic (exact) mass is 339 g/mol. The second-order valence-corrected chi connectivity index (χ2v) is 5.60. The molecule has 0 radical (unpaired) electrons. The lowest BCUT2D eigenvalue weighted by molar-refractivity contribution is 0.172. The predicted octanol–water partition coefficient (Wildman–Crippen LogP) is 3.53. The zero-order valence-electron chi connectivity index (χ0n) is 14.1. The Labute approximate surface area is 144 Å². The van der Waals surface area contributed by atoms with Gasteiger partial charge in [-0.3, -0.25) is 4.79 Å². The molecule has 0 saturated heterocycles. The third kappa shape index (κ3) is 3.33. The highest BCUT2D eigenvalue weighted by atomic mass is 16.6. The summed E-state index contributed by atoms with van der Waals surface area (Å²) < 4.78 is 16.4. The fraction of sp³-hybridized carbons (Fsp3) is 0.158. The average molecular weight is 339 g/mol. The van der Waals surface area contributed by atoms with E-state index in [1.54, 1.807) is 14.1 Å². The Balaban J connectivity index is 2.17. The van der Waals surface area contributed by atoms with Crippen molar-refractivity contribution in [1.29, 1.82) is 0 Å². The molecule has 6 nitrogen and oxygen atoms in total. The smallest absolute Gasteiger partial charge is 0.414 e. The van der Waals surface area contributed by atoms with Crippen LogP contribution in [0.4, 0.5) is 4.79 Å². The summed E-state index contributed by atoms with van der Waals surface area (Å²) in [5.74, 6) is 0.945. The Bertz CT molecular complexity index is 976. The van der Waals surface area contributed by atoms with Crippen molar-refractivity contribution in [1.82, 2.24) is 4.90 Å². The number of methoxy groups -OCH3 is 1. The van der Waals surface area contributed by atoms with Crippen LogP contribution < -0.4 is 14.9 Å². The maximum absolute atomic E-state index is 12.5. The third-order valence-electron chi connectivity index (χ3n) is 3.62. The molecule has 0 bridgehead atoms. The molecule has 1 heterocycles. The summed E-state index contributed by atoms with van der Waals surface area (Å²) >= 11 is 0. The van der Waals surface area contributed by atoms with Gasteiger partial charge in [0.2, 0.25) is 0 Å². The van der Waals surface area contributed by atoms with Crippen molar-refractivity contribution >= 4 is 17.1 Å². The maximum Gasteiger partial charge on any atom is 0.414 e. The van der Waals surface area contributed by atoms with Crippen molar-refractivity contribution in [3.8, 4) is 22.8 Å². The van der Waals surface area contributed by atoms with E-state index in [0.29, 0.717) is 11.1 Å². The average Bonchev–Trinajstić information content (AvgIpc) is 2.61. The molecule has 0 saturated carbocycles. The number of fused-ring (bicyclic) bond motifs is 1. The molecule has 0 spiro atoms. The van der Waals surface area contributed by atoms with E-state index >= 15 is 0 Å². The van der Waals surface area contributed by atoms with Crippen LogP contribution in [0.1, 0.15) is 0 Å². The Morgan fingerprint density at radius 1 is 1.08 bits per heavy atom. The second-order valence-electron chi connectivity index (χ2n) is 5.60. The molecule has 0 aliphatic carbocycles. The number of amides is 1. The van der Waals surface area contributed by atoms with Crippen LogP contribution in [0.2, 0.25) is 0 Å². The van der Waals surface area contributed by atoms with Crippen LogP contribution in [0.3, 0.4) is 0 Å². The second kappa shape index (κ2) is 6.68. The van der Waals surface area contributed by atoms with E-state index in [-0.39, 0.29) is 22.5 Å². The normalized spacial score (nSPS) is 10.5. The van der Waals surface area contributed by atoms with Gasteiger partial charge in [0, 0.05) is 37.9 Å². The first-order valence-corrected chi connectivity index (χ1v) is 7.60. The number of rotatable bonds is 3. The first-order valence-electron chi connectivity index (χ1n) is 7.60. The summed E-state index contributed by atoms with van der Waals surface area (Å²) in [7, 11) is 4.60. The van der Waals surface area contributed by atoms with Crippen LogP contribution in [0.15, 0.2) is 57.7 Å². The van der Waals surface area contributed by atoms with Gasteiger partial charge < -0.3 is 18.8 Å². The minimum Gasteiger partial charge on any atom is -0.496 e. The van der Waals surface area contributed by atoms with Crippen molar-refractivity contribution in [3.05, 3.63) is 58.8 Å². The molecule has 0 aliphatic heterocycles. The molecule has 25 heavy (non-hydrogen) atoms. The molecule has 0 aliphatic rings. The fourth-order valence-corrected chi connectivity index (χ4v) is 2.39. The van der Waals surface area contributed by atoms with Crippen LogP contribution in [0.5, 0.6) is 11.5 Å². The van der Waals surface area contributed by atoms with Crippen LogP contribution in [0.25, 0.3) is 22.3 Å². The van der Waals surface area contributed by atoms with Crippen LogP contribution in [-0.4, -0.2) is 32.2 Å². The molecular formula is C19H17NO5. The van der Waals surface area contributed by atoms with E-state index in [1.807, 2.05) is 30.3 Å². The van der Waals surface area contributed by atoms with E-state index in [0.717, 1.165) is 5.56 Å². The summed E-state index contributed by atoms with van der Waals surface area (Å²) in [5.41, 5.74) is 0.825. The first-order chi connectivity index (χ1) is 12.0. The van der Waals surface area contributed by atoms with E-state index in [1.165, 1.54) is 30.2 Å². The van der Waals surface area contributed by atoms with Gasteiger partial charge >= 0.3 is 6.09 Å². The lowest BCUT2D eigenvalue weighted by Gasteiger charge is -2.13. The van der Waals surface area contributed by atoms with Gasteiger partial charge in [0.1, 0.15) is 28.2 Å². The molecule has 1 amide bonds. The number of carbonyl (C=O) groups is 1. The summed E-state index contributed by atoms with van der Waals surface area (Å²) in [4.78, 5) is 25.6. The van der Waals surface area contributed by atoms with Gasteiger partial charge in [0.15, 0.2) is 5.43 Å². The molecule has 128 valence electrons. The van der Waals surface area contributed by atoms with E-state index in [4.69, 9.17) is 13.9 Å². The molecule has 0 unspecified atom stereocenters. The van der Waals surface area contributed by atoms with Crippen molar-refractivity contribution in [2.75, 3.05) is 21.2 Å². The summed E-state index contributed by atoms with van der Waals surface area (Å²) in [6.07, 6.45) is -0.539. The molecule has 3 aromatic rings. The highest BCUT2D eigenvalue weighted by molar-refractivity contribution is 5.87. The molecular weight excluding hydrogens is 322 g/mol. The molecule has 6 heteroatoms. The largest absolute Gasteiger partial charge is 0.496 e. The highest BCUT2D eigenvalue weighted by Gasteiger charge is 2.16. The number of hydrogen-bond acceptors (Lipinski definition) is 5. The van der Waals surface area contributed by atoms with Crippen molar-refractivity contribution in [2.45, 2.75) is 0 Å². The number of ether oxygens (including phenoxy) is 2. The molecule has 3 rings (SSSR count). The molecule has 0 fully saturated rings. The van der Waals surface area contributed by atoms with Gasteiger partial charge in [-0.05, 0) is 0 Å². The maximum atomic E-state index is 12.5. The fourth-order valence-electron chi connectivity index (χ4n) is 2.39. The number of benzene rings is 2. The Morgan fingerprint density at radius 3 is 2.44 bits per heavy atom.